The molecule has 116 valence electrons. The van der Waals surface area contributed by atoms with E-state index in [1.54, 1.807) is 4.90 Å². The Balaban J connectivity index is 2.71. The maximum absolute atomic E-state index is 12.7. The van der Waals surface area contributed by atoms with Gasteiger partial charge < -0.3 is 14.7 Å². The number of hydrogen-bond acceptors (Lipinski definition) is 3. The zero-order valence-corrected chi connectivity index (χ0v) is 13.1. The SMILES string of the molecule is CC1OC(C)C(C(=O)N(CCCC(=O)O)C(C)C)C1C. The number of carboxylic acid groups (broad SMARTS) is 1. The fourth-order valence-electron chi connectivity index (χ4n) is 2.91. The van der Waals surface area contributed by atoms with Gasteiger partial charge in [-0.15, -0.1) is 0 Å². The standard InChI is InChI=1S/C15H27NO4/c1-9(2)16(8-6-7-13(17)18)15(19)14-10(3)11(4)20-12(14)5/h9-12,14H,6-8H2,1-5H3,(H,17,18). The molecule has 5 heteroatoms. The summed E-state index contributed by atoms with van der Waals surface area (Å²) in [5.74, 6) is -0.661. The van der Waals surface area contributed by atoms with E-state index in [2.05, 4.69) is 0 Å². The van der Waals surface area contributed by atoms with E-state index >= 15 is 0 Å². The topological polar surface area (TPSA) is 66.8 Å². The minimum Gasteiger partial charge on any atom is -0.481 e. The van der Waals surface area contributed by atoms with Crippen molar-refractivity contribution in [3.8, 4) is 0 Å². The Morgan fingerprint density at radius 2 is 1.80 bits per heavy atom. The molecule has 0 bridgehead atoms. The molecule has 0 aliphatic carbocycles. The average Bonchev–Trinajstić information content (AvgIpc) is 2.57. The second-order valence-corrected chi connectivity index (χ2v) is 6.05. The Hall–Kier alpha value is -1.10. The lowest BCUT2D eigenvalue weighted by Gasteiger charge is -2.31. The quantitative estimate of drug-likeness (QED) is 0.812. The molecule has 1 fully saturated rings. The third-order valence-corrected chi connectivity index (χ3v) is 4.22. The van der Waals surface area contributed by atoms with Crippen LogP contribution in [0.15, 0.2) is 0 Å². The monoisotopic (exact) mass is 285 g/mol. The lowest BCUT2D eigenvalue weighted by Crippen LogP contribution is -2.45. The molecule has 1 amide bonds. The van der Waals surface area contributed by atoms with Crippen molar-refractivity contribution in [3.63, 3.8) is 0 Å². The first kappa shape index (κ1) is 17.0. The van der Waals surface area contributed by atoms with Gasteiger partial charge in [0.2, 0.25) is 5.91 Å². The number of carboxylic acids is 1. The van der Waals surface area contributed by atoms with Crippen molar-refractivity contribution in [1.29, 1.82) is 0 Å². The predicted octanol–water partition coefficient (Wildman–Crippen LogP) is 2.15. The van der Waals surface area contributed by atoms with E-state index in [-0.39, 0.29) is 42.4 Å². The first-order valence-corrected chi connectivity index (χ1v) is 7.43. The fraction of sp³-hybridized carbons (Fsp3) is 0.867. The van der Waals surface area contributed by atoms with E-state index in [1.165, 1.54) is 0 Å². The highest BCUT2D eigenvalue weighted by atomic mass is 16.5. The van der Waals surface area contributed by atoms with Gasteiger partial charge in [0.25, 0.3) is 0 Å². The van der Waals surface area contributed by atoms with Gasteiger partial charge in [0, 0.05) is 19.0 Å². The van der Waals surface area contributed by atoms with Crippen LogP contribution in [-0.4, -0.2) is 46.7 Å². The smallest absolute Gasteiger partial charge is 0.303 e. The van der Waals surface area contributed by atoms with E-state index < -0.39 is 5.97 Å². The number of aliphatic carboxylic acids is 1. The van der Waals surface area contributed by atoms with Gasteiger partial charge in [-0.3, -0.25) is 9.59 Å². The Morgan fingerprint density at radius 1 is 1.20 bits per heavy atom. The summed E-state index contributed by atoms with van der Waals surface area (Å²) < 4.78 is 5.74. The molecule has 5 nitrogen and oxygen atoms in total. The minimum absolute atomic E-state index is 0.0756. The first-order chi connectivity index (χ1) is 9.25. The number of carbonyl (C=O) groups is 2. The number of ether oxygens (including phenoxy) is 1. The number of carbonyl (C=O) groups excluding carboxylic acids is 1. The Morgan fingerprint density at radius 3 is 2.20 bits per heavy atom. The molecule has 4 atom stereocenters. The molecule has 1 aliphatic heterocycles. The van der Waals surface area contributed by atoms with E-state index in [1.807, 2.05) is 34.6 Å². The highest BCUT2D eigenvalue weighted by Gasteiger charge is 2.43. The summed E-state index contributed by atoms with van der Waals surface area (Å²) in [4.78, 5) is 25.1. The zero-order chi connectivity index (χ0) is 15.4. The largest absolute Gasteiger partial charge is 0.481 e. The molecule has 1 saturated heterocycles. The molecule has 0 aromatic heterocycles. The summed E-state index contributed by atoms with van der Waals surface area (Å²) in [5.41, 5.74) is 0. The molecule has 0 saturated carbocycles. The van der Waals surface area contributed by atoms with Crippen LogP contribution in [0.1, 0.15) is 47.5 Å². The maximum Gasteiger partial charge on any atom is 0.303 e. The molecule has 20 heavy (non-hydrogen) atoms. The number of rotatable bonds is 6. The van der Waals surface area contributed by atoms with Crippen molar-refractivity contribution < 1.29 is 19.4 Å². The molecule has 1 heterocycles. The molecule has 1 N–H and O–H groups in total. The maximum atomic E-state index is 12.7. The number of nitrogens with zero attached hydrogens (tertiary/aromatic N) is 1. The summed E-state index contributed by atoms with van der Waals surface area (Å²) in [7, 11) is 0. The van der Waals surface area contributed by atoms with Gasteiger partial charge in [0.15, 0.2) is 0 Å². The molecular weight excluding hydrogens is 258 g/mol. The third kappa shape index (κ3) is 3.95. The van der Waals surface area contributed by atoms with Crippen molar-refractivity contribution in [2.24, 2.45) is 11.8 Å². The van der Waals surface area contributed by atoms with Crippen molar-refractivity contribution in [2.45, 2.75) is 65.7 Å². The second kappa shape index (κ2) is 7.07. The zero-order valence-electron chi connectivity index (χ0n) is 13.1. The van der Waals surface area contributed by atoms with Crippen LogP contribution in [0.3, 0.4) is 0 Å². The lowest BCUT2D eigenvalue weighted by atomic mass is 9.88. The Bertz CT molecular complexity index is 356. The van der Waals surface area contributed by atoms with Crippen LogP contribution in [0.2, 0.25) is 0 Å². The summed E-state index contributed by atoms with van der Waals surface area (Å²) in [5, 5.41) is 8.71. The highest BCUT2D eigenvalue weighted by Crippen LogP contribution is 2.33. The lowest BCUT2D eigenvalue weighted by molar-refractivity contribution is -0.141. The summed E-state index contributed by atoms with van der Waals surface area (Å²) in [6.45, 7) is 10.4. The van der Waals surface area contributed by atoms with Crippen LogP contribution in [-0.2, 0) is 14.3 Å². The van der Waals surface area contributed by atoms with E-state index in [4.69, 9.17) is 9.84 Å². The number of amides is 1. The van der Waals surface area contributed by atoms with Crippen LogP contribution in [0, 0.1) is 11.8 Å². The van der Waals surface area contributed by atoms with Gasteiger partial charge in [0.1, 0.15) is 0 Å². The second-order valence-electron chi connectivity index (χ2n) is 6.05. The molecule has 1 aliphatic rings. The van der Waals surface area contributed by atoms with E-state index in [9.17, 15) is 9.59 Å². The molecule has 0 spiro atoms. The molecule has 0 radical (unpaired) electrons. The predicted molar refractivity (Wildman–Crippen MR) is 76.4 cm³/mol. The van der Waals surface area contributed by atoms with Gasteiger partial charge in [-0.2, -0.15) is 0 Å². The molecular formula is C15H27NO4. The fourth-order valence-corrected chi connectivity index (χ4v) is 2.91. The van der Waals surface area contributed by atoms with Crippen LogP contribution < -0.4 is 0 Å². The van der Waals surface area contributed by atoms with Crippen LogP contribution >= 0.6 is 0 Å². The Labute approximate surface area is 121 Å². The van der Waals surface area contributed by atoms with Gasteiger partial charge in [-0.05, 0) is 40.0 Å². The summed E-state index contributed by atoms with van der Waals surface area (Å²) in [6, 6.07) is 0.0756. The first-order valence-electron chi connectivity index (χ1n) is 7.43. The highest BCUT2D eigenvalue weighted by molar-refractivity contribution is 5.80. The van der Waals surface area contributed by atoms with Crippen molar-refractivity contribution in [1.82, 2.24) is 4.90 Å². The van der Waals surface area contributed by atoms with Crippen LogP contribution in [0.4, 0.5) is 0 Å². The summed E-state index contributed by atoms with van der Waals surface area (Å²) >= 11 is 0. The van der Waals surface area contributed by atoms with Crippen LogP contribution in [0.25, 0.3) is 0 Å². The molecule has 4 unspecified atom stereocenters. The van der Waals surface area contributed by atoms with Crippen molar-refractivity contribution in [2.75, 3.05) is 6.54 Å². The van der Waals surface area contributed by atoms with Crippen molar-refractivity contribution >= 4 is 11.9 Å². The summed E-state index contributed by atoms with van der Waals surface area (Å²) in [6.07, 6.45) is 0.602. The third-order valence-electron chi connectivity index (χ3n) is 4.22. The normalized spacial score (nSPS) is 29.7. The molecule has 0 aromatic carbocycles. The van der Waals surface area contributed by atoms with Crippen molar-refractivity contribution in [3.05, 3.63) is 0 Å². The molecule has 0 aromatic rings. The molecule has 1 rings (SSSR count). The number of hydrogen-bond donors (Lipinski definition) is 1. The van der Waals surface area contributed by atoms with Gasteiger partial charge in [-0.25, -0.2) is 0 Å². The van der Waals surface area contributed by atoms with Gasteiger partial charge in [-0.1, -0.05) is 6.92 Å². The Kier molecular flexibility index (Phi) is 5.99. The average molecular weight is 285 g/mol. The van der Waals surface area contributed by atoms with Gasteiger partial charge in [0.05, 0.1) is 18.1 Å². The minimum atomic E-state index is -0.819. The van der Waals surface area contributed by atoms with Gasteiger partial charge >= 0.3 is 5.97 Å². The van der Waals surface area contributed by atoms with E-state index in [0.29, 0.717) is 13.0 Å². The van der Waals surface area contributed by atoms with E-state index in [0.717, 1.165) is 0 Å². The van der Waals surface area contributed by atoms with Crippen LogP contribution in [0.5, 0.6) is 0 Å².